The molecule has 1 N–H and O–H groups in total. The van der Waals surface area contributed by atoms with Gasteiger partial charge in [-0.1, -0.05) is 20.8 Å². The van der Waals surface area contributed by atoms with Gasteiger partial charge < -0.3 is 10.1 Å². The maximum atomic E-state index is 5.77. The minimum Gasteiger partial charge on any atom is -0.436 e. The van der Waals surface area contributed by atoms with Crippen LogP contribution in [-0.4, -0.2) is 20.8 Å². The summed E-state index contributed by atoms with van der Waals surface area (Å²) in [6, 6.07) is 4.54. The first kappa shape index (κ1) is 14.5. The van der Waals surface area contributed by atoms with Crippen LogP contribution in [0, 0.1) is 0 Å². The summed E-state index contributed by atoms with van der Waals surface area (Å²) < 4.78 is 7.48. The van der Waals surface area contributed by atoms with Gasteiger partial charge in [0.1, 0.15) is 0 Å². The maximum Gasteiger partial charge on any atom is 0.219 e. The van der Waals surface area contributed by atoms with E-state index >= 15 is 0 Å². The molecule has 2 rings (SSSR count). The van der Waals surface area contributed by atoms with Crippen molar-refractivity contribution >= 4 is 0 Å². The molecule has 5 heteroatoms. The number of aromatic nitrogens is 3. The van der Waals surface area contributed by atoms with Gasteiger partial charge in [0.05, 0.1) is 12.4 Å². The molecule has 2 heterocycles. The lowest BCUT2D eigenvalue weighted by Crippen LogP contribution is -2.22. The number of aryl methyl sites for hydroxylation is 2. The van der Waals surface area contributed by atoms with Crippen LogP contribution in [0.4, 0.5) is 0 Å². The van der Waals surface area contributed by atoms with Gasteiger partial charge in [-0.25, -0.2) is 4.98 Å². The zero-order chi connectivity index (χ0) is 14.5. The number of ether oxygens (including phenoxy) is 1. The van der Waals surface area contributed by atoms with Crippen molar-refractivity contribution in [1.29, 1.82) is 0 Å². The smallest absolute Gasteiger partial charge is 0.219 e. The van der Waals surface area contributed by atoms with Gasteiger partial charge >= 0.3 is 0 Å². The predicted molar refractivity (Wildman–Crippen MR) is 78.9 cm³/mol. The molecule has 0 fully saturated rings. The SMILES string of the molecule is CCc1cc(CNC(C)C)cc(Oc2cnn(C)c2)n1. The zero-order valence-corrected chi connectivity index (χ0v) is 12.6. The second kappa shape index (κ2) is 6.52. The molecular weight excluding hydrogens is 252 g/mol. The fourth-order valence-corrected chi connectivity index (χ4v) is 1.85. The van der Waals surface area contributed by atoms with E-state index in [0.717, 1.165) is 18.7 Å². The van der Waals surface area contributed by atoms with E-state index in [1.807, 2.05) is 19.3 Å². The van der Waals surface area contributed by atoms with Crippen molar-refractivity contribution in [3.63, 3.8) is 0 Å². The van der Waals surface area contributed by atoms with Gasteiger partial charge in [-0.15, -0.1) is 0 Å². The highest BCUT2D eigenvalue weighted by atomic mass is 16.5. The van der Waals surface area contributed by atoms with Crippen molar-refractivity contribution in [3.05, 3.63) is 35.8 Å². The van der Waals surface area contributed by atoms with E-state index in [2.05, 4.69) is 42.2 Å². The second-order valence-electron chi connectivity index (χ2n) is 5.15. The molecule has 0 aliphatic rings. The maximum absolute atomic E-state index is 5.77. The van der Waals surface area contributed by atoms with Crippen LogP contribution in [0.25, 0.3) is 0 Å². The third-order valence-electron chi connectivity index (χ3n) is 2.89. The number of nitrogens with one attached hydrogen (secondary N) is 1. The summed E-state index contributed by atoms with van der Waals surface area (Å²) in [6.07, 6.45) is 4.40. The molecule has 0 aliphatic heterocycles. The van der Waals surface area contributed by atoms with Gasteiger partial charge in [0, 0.05) is 31.4 Å². The Bertz CT molecular complexity index is 563. The Kier molecular flexibility index (Phi) is 4.74. The van der Waals surface area contributed by atoms with Crippen molar-refractivity contribution in [2.45, 2.75) is 39.8 Å². The van der Waals surface area contributed by atoms with Crippen LogP contribution < -0.4 is 10.1 Å². The lowest BCUT2D eigenvalue weighted by Gasteiger charge is -2.11. The molecule has 0 aromatic carbocycles. The molecule has 5 nitrogen and oxygen atoms in total. The number of hydrogen-bond donors (Lipinski definition) is 1. The standard InChI is InChI=1S/C15H22N4O/c1-5-13-6-12(8-16-11(2)3)7-15(18-13)20-14-9-17-19(4)10-14/h6-7,9-11,16H,5,8H2,1-4H3. The molecule has 0 saturated heterocycles. The molecule has 0 bridgehead atoms. The molecule has 0 atom stereocenters. The van der Waals surface area contributed by atoms with Gasteiger partial charge in [-0.3, -0.25) is 4.68 Å². The van der Waals surface area contributed by atoms with E-state index < -0.39 is 0 Å². The Morgan fingerprint density at radius 2 is 2.15 bits per heavy atom. The second-order valence-corrected chi connectivity index (χ2v) is 5.15. The fraction of sp³-hybridized carbons (Fsp3) is 0.467. The van der Waals surface area contributed by atoms with Crippen molar-refractivity contribution in [2.24, 2.45) is 7.05 Å². The molecule has 0 saturated carbocycles. The van der Waals surface area contributed by atoms with Crippen LogP contribution in [0.2, 0.25) is 0 Å². The molecule has 108 valence electrons. The fourth-order valence-electron chi connectivity index (χ4n) is 1.85. The zero-order valence-electron chi connectivity index (χ0n) is 12.6. The minimum atomic E-state index is 0.455. The average molecular weight is 274 g/mol. The van der Waals surface area contributed by atoms with Crippen LogP contribution in [-0.2, 0) is 20.0 Å². The predicted octanol–water partition coefficient (Wildman–Crippen LogP) is 2.67. The first-order valence-corrected chi connectivity index (χ1v) is 6.96. The van der Waals surface area contributed by atoms with Gasteiger partial charge in [0.25, 0.3) is 0 Å². The number of pyridine rings is 1. The Morgan fingerprint density at radius 3 is 2.75 bits per heavy atom. The molecule has 0 spiro atoms. The Hall–Kier alpha value is -1.88. The van der Waals surface area contributed by atoms with E-state index in [4.69, 9.17) is 4.74 Å². The van der Waals surface area contributed by atoms with Gasteiger partial charge in [0.2, 0.25) is 5.88 Å². The average Bonchev–Trinajstić information content (AvgIpc) is 2.81. The van der Waals surface area contributed by atoms with Crippen LogP contribution in [0.1, 0.15) is 32.0 Å². The Balaban J connectivity index is 2.16. The highest BCUT2D eigenvalue weighted by Crippen LogP contribution is 2.20. The highest BCUT2D eigenvalue weighted by molar-refractivity contribution is 5.29. The van der Waals surface area contributed by atoms with E-state index in [1.165, 1.54) is 5.56 Å². The minimum absolute atomic E-state index is 0.455. The largest absolute Gasteiger partial charge is 0.436 e. The number of hydrogen-bond acceptors (Lipinski definition) is 4. The lowest BCUT2D eigenvalue weighted by molar-refractivity contribution is 0.458. The third-order valence-corrected chi connectivity index (χ3v) is 2.89. The molecule has 0 radical (unpaired) electrons. The normalized spacial score (nSPS) is 11.1. The molecule has 20 heavy (non-hydrogen) atoms. The van der Waals surface area contributed by atoms with E-state index in [9.17, 15) is 0 Å². The summed E-state index contributed by atoms with van der Waals surface area (Å²) in [6.45, 7) is 7.18. The Morgan fingerprint density at radius 1 is 1.35 bits per heavy atom. The summed E-state index contributed by atoms with van der Waals surface area (Å²) >= 11 is 0. The molecule has 0 aliphatic carbocycles. The van der Waals surface area contributed by atoms with Crippen LogP contribution in [0.15, 0.2) is 24.5 Å². The molecule has 2 aromatic heterocycles. The molecule has 2 aromatic rings. The van der Waals surface area contributed by atoms with Crippen LogP contribution in [0.3, 0.4) is 0 Å². The number of nitrogens with zero attached hydrogens (tertiary/aromatic N) is 3. The number of rotatable bonds is 6. The van der Waals surface area contributed by atoms with E-state index in [1.54, 1.807) is 10.9 Å². The first-order valence-electron chi connectivity index (χ1n) is 6.96. The molecular formula is C15H22N4O. The quantitative estimate of drug-likeness (QED) is 0.880. The molecule has 0 amide bonds. The van der Waals surface area contributed by atoms with Crippen molar-refractivity contribution in [1.82, 2.24) is 20.1 Å². The summed E-state index contributed by atoms with van der Waals surface area (Å²) in [4.78, 5) is 4.50. The van der Waals surface area contributed by atoms with Crippen molar-refractivity contribution in [2.75, 3.05) is 0 Å². The summed E-state index contributed by atoms with van der Waals surface area (Å²) in [5.41, 5.74) is 2.22. The van der Waals surface area contributed by atoms with Gasteiger partial charge in [-0.2, -0.15) is 5.10 Å². The van der Waals surface area contributed by atoms with Gasteiger partial charge in [-0.05, 0) is 18.1 Å². The topological polar surface area (TPSA) is 52.0 Å². The van der Waals surface area contributed by atoms with Gasteiger partial charge in [0.15, 0.2) is 5.75 Å². The monoisotopic (exact) mass is 274 g/mol. The van der Waals surface area contributed by atoms with Crippen LogP contribution >= 0.6 is 0 Å². The van der Waals surface area contributed by atoms with Crippen molar-refractivity contribution in [3.8, 4) is 11.6 Å². The van der Waals surface area contributed by atoms with Crippen LogP contribution in [0.5, 0.6) is 11.6 Å². The third kappa shape index (κ3) is 4.06. The highest BCUT2D eigenvalue weighted by Gasteiger charge is 2.06. The summed E-state index contributed by atoms with van der Waals surface area (Å²) in [7, 11) is 1.86. The summed E-state index contributed by atoms with van der Waals surface area (Å²) in [5.74, 6) is 1.33. The van der Waals surface area contributed by atoms with Crippen molar-refractivity contribution < 1.29 is 4.74 Å². The van der Waals surface area contributed by atoms with E-state index in [-0.39, 0.29) is 0 Å². The lowest BCUT2D eigenvalue weighted by atomic mass is 10.2. The van der Waals surface area contributed by atoms with E-state index in [0.29, 0.717) is 17.7 Å². The first-order chi connectivity index (χ1) is 9.56. The summed E-state index contributed by atoms with van der Waals surface area (Å²) in [5, 5.41) is 7.50. The molecule has 0 unspecified atom stereocenters. The Labute approximate surface area is 120 Å².